The van der Waals surface area contributed by atoms with Crippen LogP contribution in [0.25, 0.3) is 10.2 Å². The van der Waals surface area contributed by atoms with Crippen molar-refractivity contribution in [2.45, 2.75) is 26.3 Å². The second-order valence-corrected chi connectivity index (χ2v) is 6.47. The van der Waals surface area contributed by atoms with E-state index in [1.54, 1.807) is 6.08 Å². The van der Waals surface area contributed by atoms with Crippen molar-refractivity contribution in [3.63, 3.8) is 0 Å². The lowest BCUT2D eigenvalue weighted by molar-refractivity contribution is 0.0962. The maximum Gasteiger partial charge on any atom is 0.318 e. The number of fused-ring (bicyclic) bond motifs is 1. The summed E-state index contributed by atoms with van der Waals surface area (Å²) in [6, 6.07) is 7.85. The van der Waals surface area contributed by atoms with Crippen LogP contribution in [0.2, 0.25) is 0 Å². The van der Waals surface area contributed by atoms with Crippen LogP contribution in [0.1, 0.15) is 35.9 Å². The Morgan fingerprint density at radius 3 is 2.96 bits per heavy atom. The molecule has 0 atom stereocenters. The fourth-order valence-electron chi connectivity index (χ4n) is 2.31. The van der Waals surface area contributed by atoms with E-state index in [9.17, 15) is 4.79 Å². The molecule has 3 aromatic rings. The quantitative estimate of drug-likeness (QED) is 0.686. The van der Waals surface area contributed by atoms with Gasteiger partial charge in [0.1, 0.15) is 0 Å². The highest BCUT2D eigenvalue weighted by molar-refractivity contribution is 7.16. The van der Waals surface area contributed by atoms with Crippen LogP contribution in [-0.2, 0) is 6.54 Å². The third kappa shape index (κ3) is 3.03. The Balaban J connectivity index is 2.17. The summed E-state index contributed by atoms with van der Waals surface area (Å²) in [5.74, 6) is 0.150. The van der Waals surface area contributed by atoms with Crippen molar-refractivity contribution in [2.24, 2.45) is 4.99 Å². The van der Waals surface area contributed by atoms with Gasteiger partial charge in [-0.05, 0) is 23.6 Å². The first-order valence-corrected chi connectivity index (χ1v) is 8.15. The van der Waals surface area contributed by atoms with E-state index in [1.807, 2.05) is 4.57 Å². The van der Waals surface area contributed by atoms with Crippen LogP contribution >= 0.6 is 11.3 Å². The number of carbonyl (C=O) groups is 1. The first-order valence-electron chi connectivity index (χ1n) is 7.34. The molecule has 0 N–H and O–H groups in total. The lowest BCUT2D eigenvalue weighted by Crippen LogP contribution is -2.16. The van der Waals surface area contributed by atoms with E-state index in [1.165, 1.54) is 29.2 Å². The predicted octanol–water partition coefficient (Wildman–Crippen LogP) is 3.74. The molecule has 0 saturated carbocycles. The van der Waals surface area contributed by atoms with Crippen molar-refractivity contribution in [2.75, 3.05) is 0 Å². The number of allylic oxidation sites excluding steroid dienone is 1. The first-order chi connectivity index (χ1) is 11.1. The van der Waals surface area contributed by atoms with E-state index in [0.717, 1.165) is 10.2 Å². The molecule has 1 aromatic carbocycles. The van der Waals surface area contributed by atoms with Gasteiger partial charge in [0.2, 0.25) is 5.76 Å². The van der Waals surface area contributed by atoms with Crippen molar-refractivity contribution in [1.82, 2.24) is 9.72 Å². The molecule has 0 fully saturated rings. The summed E-state index contributed by atoms with van der Waals surface area (Å²) < 4.78 is 7.95. The normalized spacial score (nSPS) is 12.2. The summed E-state index contributed by atoms with van der Waals surface area (Å²) >= 11 is 1.49. The average Bonchev–Trinajstić information content (AvgIpc) is 3.16. The molecule has 23 heavy (non-hydrogen) atoms. The fraction of sp³-hybridized carbons (Fsp3) is 0.235. The maximum absolute atomic E-state index is 12.2. The van der Waals surface area contributed by atoms with E-state index in [4.69, 9.17) is 4.52 Å². The van der Waals surface area contributed by atoms with E-state index < -0.39 is 5.91 Å². The van der Waals surface area contributed by atoms with E-state index in [-0.39, 0.29) is 5.76 Å². The van der Waals surface area contributed by atoms with Crippen LogP contribution in [0, 0.1) is 0 Å². The molecule has 0 aliphatic heterocycles. The molecule has 6 heteroatoms. The van der Waals surface area contributed by atoms with Gasteiger partial charge in [0.15, 0.2) is 4.80 Å². The molecule has 0 unspecified atom stereocenters. The monoisotopic (exact) mass is 327 g/mol. The topological polar surface area (TPSA) is 60.4 Å². The molecule has 0 aliphatic carbocycles. The summed E-state index contributed by atoms with van der Waals surface area (Å²) in [5.41, 5.74) is 2.31. The minimum Gasteiger partial charge on any atom is -0.351 e. The van der Waals surface area contributed by atoms with Crippen molar-refractivity contribution < 1.29 is 9.32 Å². The van der Waals surface area contributed by atoms with Crippen molar-refractivity contribution >= 4 is 27.5 Å². The smallest absolute Gasteiger partial charge is 0.318 e. The van der Waals surface area contributed by atoms with Gasteiger partial charge in [-0.3, -0.25) is 4.79 Å². The highest BCUT2D eigenvalue weighted by Crippen LogP contribution is 2.23. The zero-order valence-corrected chi connectivity index (χ0v) is 13.8. The third-order valence-corrected chi connectivity index (χ3v) is 4.57. The van der Waals surface area contributed by atoms with Crippen LogP contribution in [0.3, 0.4) is 0 Å². The number of hydrogen-bond acceptors (Lipinski definition) is 4. The number of amides is 1. The van der Waals surface area contributed by atoms with E-state index in [2.05, 4.69) is 48.8 Å². The first kappa shape index (κ1) is 15.4. The largest absolute Gasteiger partial charge is 0.351 e. The number of hydrogen-bond donors (Lipinski definition) is 0. The molecule has 0 aliphatic rings. The number of benzene rings is 1. The SMILES string of the molecule is C=CCn1c(=NC(=O)c2ccno2)sc2cc(C(C)C)ccc21. The van der Waals surface area contributed by atoms with Gasteiger partial charge in [0.05, 0.1) is 16.4 Å². The van der Waals surface area contributed by atoms with Gasteiger partial charge in [-0.15, -0.1) is 6.58 Å². The van der Waals surface area contributed by atoms with E-state index >= 15 is 0 Å². The Labute approximate surface area is 137 Å². The summed E-state index contributed by atoms with van der Waals surface area (Å²) in [6.07, 6.45) is 3.22. The Hall–Kier alpha value is -2.47. The predicted molar refractivity (Wildman–Crippen MR) is 90.5 cm³/mol. The molecule has 0 saturated heterocycles. The molecule has 2 aromatic heterocycles. The molecule has 0 radical (unpaired) electrons. The molecule has 3 rings (SSSR count). The maximum atomic E-state index is 12.2. The van der Waals surface area contributed by atoms with Crippen molar-refractivity contribution in [3.05, 3.63) is 59.2 Å². The second kappa shape index (κ2) is 6.34. The number of aromatic nitrogens is 2. The van der Waals surface area contributed by atoms with Crippen LogP contribution in [0.4, 0.5) is 0 Å². The van der Waals surface area contributed by atoms with Crippen LogP contribution < -0.4 is 4.80 Å². The second-order valence-electron chi connectivity index (χ2n) is 5.46. The van der Waals surface area contributed by atoms with E-state index in [0.29, 0.717) is 17.3 Å². The van der Waals surface area contributed by atoms with Crippen LogP contribution in [0.15, 0.2) is 52.6 Å². The van der Waals surface area contributed by atoms with Gasteiger partial charge < -0.3 is 9.09 Å². The molecule has 118 valence electrons. The Kier molecular flexibility index (Phi) is 4.25. The third-order valence-electron chi connectivity index (χ3n) is 3.53. The molecule has 0 bridgehead atoms. The fourth-order valence-corrected chi connectivity index (χ4v) is 3.39. The molecule has 5 nitrogen and oxygen atoms in total. The zero-order valence-electron chi connectivity index (χ0n) is 13.0. The highest BCUT2D eigenvalue weighted by Gasteiger charge is 2.12. The zero-order chi connectivity index (χ0) is 16.4. The molecular weight excluding hydrogens is 310 g/mol. The molecule has 0 spiro atoms. The van der Waals surface area contributed by atoms with Gasteiger partial charge in [0.25, 0.3) is 0 Å². The summed E-state index contributed by atoms with van der Waals surface area (Å²) in [5, 5.41) is 3.54. The van der Waals surface area contributed by atoms with Crippen LogP contribution in [-0.4, -0.2) is 15.6 Å². The Morgan fingerprint density at radius 1 is 1.48 bits per heavy atom. The minimum atomic E-state index is -0.434. The number of rotatable bonds is 4. The van der Waals surface area contributed by atoms with Crippen molar-refractivity contribution in [1.29, 1.82) is 0 Å². The highest BCUT2D eigenvalue weighted by atomic mass is 32.1. The molecular formula is C17H17N3O2S. The van der Waals surface area contributed by atoms with Gasteiger partial charge in [-0.1, -0.05) is 42.5 Å². The minimum absolute atomic E-state index is 0.135. The average molecular weight is 327 g/mol. The number of nitrogens with zero attached hydrogens (tertiary/aromatic N) is 3. The lowest BCUT2D eigenvalue weighted by Gasteiger charge is -2.05. The van der Waals surface area contributed by atoms with Gasteiger partial charge >= 0.3 is 5.91 Å². The molecule has 1 amide bonds. The number of carbonyl (C=O) groups excluding carboxylic acids is 1. The summed E-state index contributed by atoms with van der Waals surface area (Å²) in [4.78, 5) is 17.0. The standard InChI is InChI=1S/C17H17N3O2S/c1-4-9-20-13-6-5-12(11(2)3)10-15(13)23-17(20)19-16(21)14-7-8-18-22-14/h4-8,10-11H,1,9H2,2-3H3. The summed E-state index contributed by atoms with van der Waals surface area (Å²) in [6.45, 7) is 8.69. The lowest BCUT2D eigenvalue weighted by atomic mass is 10.0. The summed E-state index contributed by atoms with van der Waals surface area (Å²) in [7, 11) is 0. The van der Waals surface area contributed by atoms with Gasteiger partial charge in [-0.25, -0.2) is 0 Å². The van der Waals surface area contributed by atoms with Crippen LogP contribution in [0.5, 0.6) is 0 Å². The van der Waals surface area contributed by atoms with Gasteiger partial charge in [0, 0.05) is 12.6 Å². The van der Waals surface area contributed by atoms with Crippen molar-refractivity contribution in [3.8, 4) is 0 Å². The molecule has 2 heterocycles. The number of thiazole rings is 1. The Bertz CT molecular complexity index is 917. The van der Waals surface area contributed by atoms with Gasteiger partial charge in [-0.2, -0.15) is 4.99 Å². The Morgan fingerprint density at radius 2 is 2.30 bits per heavy atom.